The zero-order valence-corrected chi connectivity index (χ0v) is 34.4. The van der Waals surface area contributed by atoms with Crippen molar-refractivity contribution >= 4 is 44.9 Å². The second-order valence-electron chi connectivity index (χ2n) is 16.1. The van der Waals surface area contributed by atoms with Crippen LogP contribution in [0.4, 0.5) is 22.0 Å². The maximum Gasteiger partial charge on any atom is 0.270 e. The number of aromatic nitrogens is 3. The normalized spacial score (nSPS) is 20.4. The zero-order valence-electron chi connectivity index (χ0n) is 32.5. The van der Waals surface area contributed by atoms with Crippen LogP contribution in [0.25, 0.3) is 16.7 Å². The lowest BCUT2D eigenvalue weighted by Gasteiger charge is -2.42. The first-order chi connectivity index (χ1) is 26.4. The fraction of sp³-hybridized carbons (Fsp3) is 0.512. The first-order valence-corrected chi connectivity index (χ1v) is 20.2. The van der Waals surface area contributed by atoms with E-state index in [0.29, 0.717) is 70.4 Å². The molecular formula is C41H49BClF5N6OP. The van der Waals surface area contributed by atoms with Crippen LogP contribution in [-0.2, 0) is 11.8 Å². The van der Waals surface area contributed by atoms with Gasteiger partial charge in [-0.25, -0.2) is 31.9 Å². The SMILES string of the molecule is CN[B]C(=N)c1c(Cl)ccc(-n2c(C(Cc3cc(F)cc(F)c3)C(C)C)nc3nc(C4(CCN5CC(F)CC(P)C5)CCC(F)(F)CC4)cc(C)c3c2=O)c1C. The summed E-state index contributed by atoms with van der Waals surface area (Å²) in [5.41, 5.74) is 2.05. The van der Waals surface area contributed by atoms with E-state index in [9.17, 15) is 22.0 Å². The number of likely N-dealkylation sites (tertiary alicyclic amines) is 1. The van der Waals surface area contributed by atoms with Crippen molar-refractivity contribution in [2.75, 3.05) is 26.7 Å². The third-order valence-electron chi connectivity index (χ3n) is 11.7. The monoisotopic (exact) mass is 813 g/mol. The van der Waals surface area contributed by atoms with Crippen molar-refractivity contribution in [3.05, 3.63) is 97.2 Å². The number of benzene rings is 2. The summed E-state index contributed by atoms with van der Waals surface area (Å²) in [7, 11) is 5.86. The molecule has 2 aromatic carbocycles. The smallest absolute Gasteiger partial charge is 0.270 e. The fourth-order valence-corrected chi connectivity index (χ4v) is 9.54. The van der Waals surface area contributed by atoms with Crippen LogP contribution in [-0.4, -0.2) is 76.9 Å². The van der Waals surface area contributed by atoms with Gasteiger partial charge >= 0.3 is 0 Å². The molecule has 1 aliphatic carbocycles. The molecule has 0 amide bonds. The number of nitrogens with one attached hydrogen (secondary N) is 2. The number of pyridine rings is 1. The Bertz CT molecular complexity index is 2150. The molecule has 7 nitrogen and oxygen atoms in total. The van der Waals surface area contributed by atoms with Gasteiger partial charge in [0.1, 0.15) is 23.6 Å². The van der Waals surface area contributed by atoms with Crippen LogP contribution in [0.1, 0.15) is 92.1 Å². The van der Waals surface area contributed by atoms with E-state index in [1.807, 2.05) is 19.9 Å². The van der Waals surface area contributed by atoms with Gasteiger partial charge in [0.2, 0.25) is 5.92 Å². The van der Waals surface area contributed by atoms with Crippen LogP contribution in [0, 0.1) is 36.8 Å². The summed E-state index contributed by atoms with van der Waals surface area (Å²) in [6.45, 7) is 8.92. The molecule has 56 heavy (non-hydrogen) atoms. The number of piperidine rings is 1. The summed E-state index contributed by atoms with van der Waals surface area (Å²) in [5, 5.41) is 12.1. The summed E-state index contributed by atoms with van der Waals surface area (Å²) in [6.07, 6.45) is -0.181. The van der Waals surface area contributed by atoms with Crippen LogP contribution in [0.5, 0.6) is 0 Å². The maximum absolute atomic E-state index is 15.1. The van der Waals surface area contributed by atoms with Crippen LogP contribution < -0.4 is 10.8 Å². The number of hydrogen-bond donors (Lipinski definition) is 2. The quantitative estimate of drug-likeness (QED) is 0.0648. The van der Waals surface area contributed by atoms with E-state index in [2.05, 4.69) is 19.4 Å². The molecule has 4 unspecified atom stereocenters. The molecule has 2 N–H and O–H groups in total. The van der Waals surface area contributed by atoms with E-state index < -0.39 is 40.6 Å². The van der Waals surface area contributed by atoms with Crippen molar-refractivity contribution in [3.63, 3.8) is 0 Å². The van der Waals surface area contributed by atoms with Gasteiger partial charge in [0, 0.05) is 65.2 Å². The van der Waals surface area contributed by atoms with Crippen molar-refractivity contribution in [2.45, 2.75) is 102 Å². The van der Waals surface area contributed by atoms with Crippen molar-refractivity contribution in [1.29, 1.82) is 5.41 Å². The number of fused-ring (bicyclic) bond motifs is 1. The number of aryl methyl sites for hydroxylation is 1. The summed E-state index contributed by atoms with van der Waals surface area (Å²) in [4.78, 5) is 27.3. The number of alkyl halides is 3. The molecule has 2 aromatic heterocycles. The van der Waals surface area contributed by atoms with E-state index in [1.54, 1.807) is 33.0 Å². The molecule has 0 bridgehead atoms. The van der Waals surface area contributed by atoms with Gasteiger partial charge in [-0.2, -0.15) is 0 Å². The molecule has 3 heterocycles. The minimum Gasteiger partial charge on any atom is -0.357 e. The third-order valence-corrected chi connectivity index (χ3v) is 12.5. The lowest BCUT2D eigenvalue weighted by atomic mass is 9.68. The molecule has 4 atom stereocenters. The first-order valence-electron chi connectivity index (χ1n) is 19.2. The van der Waals surface area contributed by atoms with Crippen LogP contribution in [0.2, 0.25) is 5.02 Å². The average molecular weight is 814 g/mol. The molecule has 6 rings (SSSR count). The van der Waals surface area contributed by atoms with Gasteiger partial charge in [-0.1, -0.05) is 25.4 Å². The Morgan fingerprint density at radius 3 is 2.38 bits per heavy atom. The summed E-state index contributed by atoms with van der Waals surface area (Å²) < 4.78 is 74.6. The lowest BCUT2D eigenvalue weighted by molar-refractivity contribution is -0.0550. The second kappa shape index (κ2) is 16.9. The highest BCUT2D eigenvalue weighted by Gasteiger charge is 2.46. The molecule has 2 aliphatic rings. The molecule has 299 valence electrons. The van der Waals surface area contributed by atoms with Gasteiger partial charge in [0.15, 0.2) is 5.65 Å². The van der Waals surface area contributed by atoms with Crippen molar-refractivity contribution in [1.82, 2.24) is 24.7 Å². The zero-order chi connectivity index (χ0) is 40.7. The van der Waals surface area contributed by atoms with Crippen molar-refractivity contribution in [2.24, 2.45) is 5.92 Å². The fourth-order valence-electron chi connectivity index (χ4n) is 8.64. The van der Waals surface area contributed by atoms with E-state index in [1.165, 1.54) is 24.1 Å². The van der Waals surface area contributed by atoms with Gasteiger partial charge in [-0.05, 0) is 118 Å². The van der Waals surface area contributed by atoms with Crippen molar-refractivity contribution < 1.29 is 22.0 Å². The van der Waals surface area contributed by atoms with Gasteiger partial charge in [-0.3, -0.25) is 14.3 Å². The van der Waals surface area contributed by atoms with Crippen LogP contribution in [0.3, 0.4) is 0 Å². The molecule has 1 radical (unpaired) electrons. The van der Waals surface area contributed by atoms with Gasteiger partial charge in [-0.15, -0.1) is 9.24 Å². The molecular weight excluding hydrogens is 765 g/mol. The minimum absolute atomic E-state index is 0.0985. The number of rotatable bonds is 12. The highest BCUT2D eigenvalue weighted by Crippen LogP contribution is 2.48. The second-order valence-corrected chi connectivity index (χ2v) is 17.5. The average Bonchev–Trinajstić information content (AvgIpc) is 3.10. The molecule has 15 heteroatoms. The topological polar surface area (TPSA) is 86.9 Å². The largest absolute Gasteiger partial charge is 0.357 e. The van der Waals surface area contributed by atoms with Gasteiger partial charge < -0.3 is 10.6 Å². The Morgan fingerprint density at radius 1 is 1.07 bits per heavy atom. The third kappa shape index (κ3) is 8.91. The summed E-state index contributed by atoms with van der Waals surface area (Å²) in [5.74, 6) is -4.73. The van der Waals surface area contributed by atoms with E-state index in [0.717, 1.165) is 6.07 Å². The Morgan fingerprint density at radius 2 is 1.75 bits per heavy atom. The van der Waals surface area contributed by atoms with E-state index in [-0.39, 0.29) is 66.9 Å². The number of nitrogens with zero attached hydrogens (tertiary/aromatic N) is 4. The number of halogens is 6. The van der Waals surface area contributed by atoms with Crippen LogP contribution >= 0.6 is 20.8 Å². The predicted molar refractivity (Wildman–Crippen MR) is 218 cm³/mol. The number of hydrogen-bond acceptors (Lipinski definition) is 6. The predicted octanol–water partition coefficient (Wildman–Crippen LogP) is 8.60. The van der Waals surface area contributed by atoms with Crippen LogP contribution in [0.15, 0.2) is 41.2 Å². The Labute approximate surface area is 333 Å². The highest BCUT2D eigenvalue weighted by molar-refractivity contribution is 7.17. The van der Waals surface area contributed by atoms with Crippen molar-refractivity contribution in [3.8, 4) is 5.69 Å². The lowest BCUT2D eigenvalue weighted by Crippen LogP contribution is -2.45. The summed E-state index contributed by atoms with van der Waals surface area (Å²) in [6, 6.07) is 8.46. The van der Waals surface area contributed by atoms with Gasteiger partial charge in [0.25, 0.3) is 13.0 Å². The van der Waals surface area contributed by atoms with Gasteiger partial charge in [0.05, 0.1) is 11.1 Å². The Hall–Kier alpha value is -3.25. The Kier molecular flexibility index (Phi) is 12.8. The molecule has 1 aliphatic heterocycles. The Balaban J connectivity index is 1.57. The van der Waals surface area contributed by atoms with E-state index in [4.69, 9.17) is 27.0 Å². The summed E-state index contributed by atoms with van der Waals surface area (Å²) >= 11 is 6.64. The molecule has 1 saturated carbocycles. The molecule has 2 fully saturated rings. The highest BCUT2D eigenvalue weighted by atomic mass is 35.5. The standard InChI is InChI=1S/C41H49BClF5N6OP/c1-22(2)30(17-25-15-26(44)18-27(45)16-25)38-52-37-34(39(55)54(38)32-7-6-31(43)35(24(32)4)36(49)42-50-5)23(3)14-33(51-37)40(8-10-41(47,48)11-9-40)12-13-53-20-28(46)19-29(56)21-53/h6-7,14-16,18,22,28-30,49-50H,8-13,17,19-21,56H2,1-5H3. The molecule has 1 saturated heterocycles. The van der Waals surface area contributed by atoms with E-state index >= 15 is 4.79 Å². The molecule has 4 aromatic rings. The minimum atomic E-state index is -2.81. The molecule has 0 spiro atoms. The maximum atomic E-state index is 15.1. The first kappa shape index (κ1) is 42.4.